The lowest BCUT2D eigenvalue weighted by atomic mass is 9.89. The summed E-state index contributed by atoms with van der Waals surface area (Å²) in [5.41, 5.74) is 7.63. The Morgan fingerprint density at radius 2 is 1.11 bits per heavy atom. The molecule has 0 unspecified atom stereocenters. The number of esters is 2. The lowest BCUT2D eigenvalue weighted by Crippen LogP contribution is -2.14. The minimum Gasteiger partial charge on any atom is -0.465 e. The average Bonchev–Trinajstić information content (AvgIpc) is 2.55. The van der Waals surface area contributed by atoms with Gasteiger partial charge in [-0.25, -0.2) is 4.79 Å². The molecule has 0 aliphatic carbocycles. The molecule has 2 aromatic rings. The summed E-state index contributed by atoms with van der Waals surface area (Å²) in [5, 5.41) is 0. The summed E-state index contributed by atoms with van der Waals surface area (Å²) in [6.45, 7) is 13.1. The van der Waals surface area contributed by atoms with Crippen LogP contribution in [-0.2, 0) is 19.1 Å². The fourth-order valence-corrected chi connectivity index (χ4v) is 3.89. The van der Waals surface area contributed by atoms with E-state index in [9.17, 15) is 9.59 Å². The minimum absolute atomic E-state index is 0.240. The Balaban J connectivity index is 3.02. The highest BCUT2D eigenvalue weighted by Crippen LogP contribution is 2.36. The van der Waals surface area contributed by atoms with Crippen molar-refractivity contribution < 1.29 is 19.1 Å². The third kappa shape index (κ3) is 4.33. The second-order valence-electron chi connectivity index (χ2n) is 7.34. The summed E-state index contributed by atoms with van der Waals surface area (Å²) in [5.74, 6) is -0.784. The fourth-order valence-electron chi connectivity index (χ4n) is 3.89. The predicted molar refractivity (Wildman–Crippen MR) is 112 cm³/mol. The van der Waals surface area contributed by atoms with Crippen molar-refractivity contribution >= 4 is 23.3 Å². The first-order chi connectivity index (χ1) is 13.1. The molecule has 0 N–H and O–H groups in total. The molecule has 0 saturated carbocycles. The maximum absolute atomic E-state index is 12.9. The highest BCUT2D eigenvalue weighted by atomic mass is 16.5. The van der Waals surface area contributed by atoms with Crippen LogP contribution in [0.4, 0.5) is 0 Å². The van der Waals surface area contributed by atoms with E-state index in [-0.39, 0.29) is 11.3 Å². The number of methoxy groups -OCH3 is 1. The first-order valence-corrected chi connectivity index (χ1v) is 9.24. The molecule has 2 rings (SSSR count). The monoisotopic (exact) mass is 380 g/mol. The Morgan fingerprint density at radius 1 is 0.714 bits per heavy atom. The van der Waals surface area contributed by atoms with E-state index >= 15 is 0 Å². The second-order valence-corrected chi connectivity index (χ2v) is 7.34. The highest BCUT2D eigenvalue weighted by Gasteiger charge is 2.27. The SMILES string of the molecule is COC(=O)/C(=C(/OC(C)=O)c1c(C)cc(C)cc1C)c1c(C)cc(C)cc1C. The van der Waals surface area contributed by atoms with E-state index in [4.69, 9.17) is 9.47 Å². The standard InChI is InChI=1S/C24H28O4/c1-13-9-15(3)20(16(4)10-13)22(24(26)27-8)23(28-19(7)25)21-17(5)11-14(2)12-18(21)6/h9-12H,1-8H3/b23-22+. The maximum atomic E-state index is 12.9. The third-order valence-electron chi connectivity index (χ3n) is 4.69. The minimum atomic E-state index is -0.536. The Hall–Kier alpha value is -2.88. The van der Waals surface area contributed by atoms with Gasteiger partial charge in [0.1, 0.15) is 5.57 Å². The van der Waals surface area contributed by atoms with Gasteiger partial charge in [-0.2, -0.15) is 0 Å². The van der Waals surface area contributed by atoms with E-state index in [1.165, 1.54) is 14.0 Å². The first kappa shape index (κ1) is 21.4. The van der Waals surface area contributed by atoms with E-state index in [0.717, 1.165) is 44.5 Å². The normalized spacial score (nSPS) is 11.7. The number of carbonyl (C=O) groups excluding carboxylic acids is 2. The zero-order chi connectivity index (χ0) is 21.2. The summed E-state index contributed by atoms with van der Waals surface area (Å²) in [4.78, 5) is 24.9. The third-order valence-corrected chi connectivity index (χ3v) is 4.69. The van der Waals surface area contributed by atoms with Gasteiger partial charge in [0.05, 0.1) is 7.11 Å². The van der Waals surface area contributed by atoms with Gasteiger partial charge in [0.25, 0.3) is 0 Å². The molecule has 0 heterocycles. The molecule has 0 aromatic heterocycles. The van der Waals surface area contributed by atoms with Crippen molar-refractivity contribution in [3.63, 3.8) is 0 Å². The van der Waals surface area contributed by atoms with Gasteiger partial charge in [0.15, 0.2) is 5.76 Å². The molecule has 0 aliphatic heterocycles. The van der Waals surface area contributed by atoms with E-state index in [2.05, 4.69) is 0 Å². The molecule has 0 amide bonds. The Morgan fingerprint density at radius 3 is 1.46 bits per heavy atom. The number of rotatable bonds is 4. The fraction of sp³-hybridized carbons (Fsp3) is 0.333. The number of carbonyl (C=O) groups is 2. The summed E-state index contributed by atoms with van der Waals surface area (Å²) in [7, 11) is 1.33. The number of ether oxygens (including phenoxy) is 2. The lowest BCUT2D eigenvalue weighted by Gasteiger charge is -2.20. The van der Waals surface area contributed by atoms with Crippen LogP contribution in [0.3, 0.4) is 0 Å². The molecule has 0 atom stereocenters. The van der Waals surface area contributed by atoms with Crippen LogP contribution in [0.25, 0.3) is 11.3 Å². The number of benzene rings is 2. The molecule has 0 aliphatic rings. The van der Waals surface area contributed by atoms with E-state index in [0.29, 0.717) is 0 Å². The van der Waals surface area contributed by atoms with Crippen molar-refractivity contribution in [2.45, 2.75) is 48.5 Å². The molecule has 0 radical (unpaired) electrons. The summed E-state index contributed by atoms with van der Waals surface area (Å²) in [6.07, 6.45) is 0. The second kappa shape index (κ2) is 8.42. The molecule has 0 fully saturated rings. The van der Waals surface area contributed by atoms with Gasteiger partial charge in [0.2, 0.25) is 0 Å². The van der Waals surface area contributed by atoms with E-state index < -0.39 is 11.9 Å². The van der Waals surface area contributed by atoms with Gasteiger partial charge in [-0.05, 0) is 69.4 Å². The molecule has 4 nitrogen and oxygen atoms in total. The number of hydrogen-bond donors (Lipinski definition) is 0. The Kier molecular flexibility index (Phi) is 6.45. The number of hydrogen-bond acceptors (Lipinski definition) is 4. The molecule has 4 heteroatoms. The quantitative estimate of drug-likeness (QED) is 0.319. The van der Waals surface area contributed by atoms with Crippen LogP contribution in [-0.4, -0.2) is 19.0 Å². The average molecular weight is 380 g/mol. The number of aryl methyl sites for hydroxylation is 6. The summed E-state index contributed by atoms with van der Waals surface area (Å²) >= 11 is 0. The Labute approximate surface area is 167 Å². The zero-order valence-electron chi connectivity index (χ0n) is 17.9. The first-order valence-electron chi connectivity index (χ1n) is 9.24. The summed E-state index contributed by atoms with van der Waals surface area (Å²) < 4.78 is 10.8. The van der Waals surface area contributed by atoms with Crippen LogP contribution in [0.1, 0.15) is 51.4 Å². The van der Waals surface area contributed by atoms with Crippen LogP contribution >= 0.6 is 0 Å². The van der Waals surface area contributed by atoms with Gasteiger partial charge in [0, 0.05) is 12.5 Å². The van der Waals surface area contributed by atoms with Crippen LogP contribution in [0, 0.1) is 41.5 Å². The maximum Gasteiger partial charge on any atom is 0.342 e. The van der Waals surface area contributed by atoms with Crippen molar-refractivity contribution in [3.8, 4) is 0 Å². The van der Waals surface area contributed by atoms with Crippen molar-refractivity contribution in [1.82, 2.24) is 0 Å². The largest absolute Gasteiger partial charge is 0.465 e. The Bertz CT molecular complexity index is 934. The van der Waals surface area contributed by atoms with Crippen LogP contribution in [0.5, 0.6) is 0 Å². The van der Waals surface area contributed by atoms with Crippen LogP contribution in [0.2, 0.25) is 0 Å². The lowest BCUT2D eigenvalue weighted by molar-refractivity contribution is -0.134. The highest BCUT2D eigenvalue weighted by molar-refractivity contribution is 6.25. The molecule has 148 valence electrons. The predicted octanol–water partition coefficient (Wildman–Crippen LogP) is 5.14. The molecule has 0 spiro atoms. The van der Waals surface area contributed by atoms with Gasteiger partial charge in [-0.1, -0.05) is 35.4 Å². The molecular weight excluding hydrogens is 352 g/mol. The van der Waals surface area contributed by atoms with Crippen molar-refractivity contribution in [2.24, 2.45) is 0 Å². The molecular formula is C24H28O4. The molecule has 28 heavy (non-hydrogen) atoms. The molecule has 0 bridgehead atoms. The van der Waals surface area contributed by atoms with Gasteiger partial charge in [-0.3, -0.25) is 4.79 Å². The van der Waals surface area contributed by atoms with Gasteiger partial charge < -0.3 is 9.47 Å². The van der Waals surface area contributed by atoms with E-state index in [1.54, 1.807) is 0 Å². The van der Waals surface area contributed by atoms with Gasteiger partial charge in [-0.15, -0.1) is 0 Å². The van der Waals surface area contributed by atoms with Crippen molar-refractivity contribution in [1.29, 1.82) is 0 Å². The van der Waals surface area contributed by atoms with Crippen molar-refractivity contribution in [2.75, 3.05) is 7.11 Å². The molecule has 2 aromatic carbocycles. The molecule has 0 saturated heterocycles. The van der Waals surface area contributed by atoms with E-state index in [1.807, 2.05) is 65.8 Å². The van der Waals surface area contributed by atoms with Crippen LogP contribution < -0.4 is 0 Å². The van der Waals surface area contributed by atoms with Crippen molar-refractivity contribution in [3.05, 3.63) is 68.8 Å². The van der Waals surface area contributed by atoms with Crippen LogP contribution in [0.15, 0.2) is 24.3 Å². The summed E-state index contributed by atoms with van der Waals surface area (Å²) in [6, 6.07) is 8.03. The zero-order valence-corrected chi connectivity index (χ0v) is 17.9. The smallest absolute Gasteiger partial charge is 0.342 e. The topological polar surface area (TPSA) is 52.6 Å². The van der Waals surface area contributed by atoms with Gasteiger partial charge >= 0.3 is 11.9 Å².